The SMILES string of the molecule is CC#Cc1nc(C#N)c(F)c(Cl)c1Cl. The molecule has 0 unspecified atom stereocenters. The first-order valence-electron chi connectivity index (χ1n) is 3.49. The second-order valence-corrected chi connectivity index (χ2v) is 2.99. The molecule has 70 valence electrons. The lowest BCUT2D eigenvalue weighted by Crippen LogP contribution is -1.96. The van der Waals surface area contributed by atoms with Crippen molar-refractivity contribution in [2.24, 2.45) is 0 Å². The van der Waals surface area contributed by atoms with E-state index < -0.39 is 11.5 Å². The monoisotopic (exact) mass is 228 g/mol. The lowest BCUT2D eigenvalue weighted by Gasteiger charge is -2.01. The van der Waals surface area contributed by atoms with E-state index in [0.717, 1.165) is 0 Å². The van der Waals surface area contributed by atoms with Crippen LogP contribution in [0.25, 0.3) is 0 Å². The highest BCUT2D eigenvalue weighted by Gasteiger charge is 2.15. The van der Waals surface area contributed by atoms with Crippen LogP contribution in [0.1, 0.15) is 18.3 Å². The Morgan fingerprint density at radius 3 is 2.43 bits per heavy atom. The topological polar surface area (TPSA) is 36.7 Å². The first kappa shape index (κ1) is 10.8. The second kappa shape index (κ2) is 4.28. The fourth-order valence-corrected chi connectivity index (χ4v) is 1.14. The van der Waals surface area contributed by atoms with Crippen molar-refractivity contribution in [3.05, 3.63) is 27.3 Å². The Labute approximate surface area is 90.3 Å². The number of nitriles is 1. The number of hydrogen-bond acceptors (Lipinski definition) is 2. The lowest BCUT2D eigenvalue weighted by atomic mass is 10.3. The number of nitrogens with zero attached hydrogens (tertiary/aromatic N) is 2. The van der Waals surface area contributed by atoms with Gasteiger partial charge < -0.3 is 0 Å². The molecular formula is C9H3Cl2FN2. The number of rotatable bonds is 0. The van der Waals surface area contributed by atoms with Gasteiger partial charge in [-0.15, -0.1) is 0 Å². The highest BCUT2D eigenvalue weighted by molar-refractivity contribution is 6.42. The third kappa shape index (κ3) is 1.80. The van der Waals surface area contributed by atoms with E-state index in [-0.39, 0.29) is 15.7 Å². The highest BCUT2D eigenvalue weighted by atomic mass is 35.5. The van der Waals surface area contributed by atoms with Gasteiger partial charge in [0, 0.05) is 0 Å². The minimum Gasteiger partial charge on any atom is -0.224 e. The van der Waals surface area contributed by atoms with Crippen LogP contribution in [0, 0.1) is 29.0 Å². The Morgan fingerprint density at radius 1 is 1.29 bits per heavy atom. The standard InChI is InChI=1S/C9H3Cl2FN2/c1-2-3-5-7(10)8(11)9(12)6(4-13)14-5/h1H3. The molecule has 0 atom stereocenters. The van der Waals surface area contributed by atoms with Gasteiger partial charge in [0.05, 0.1) is 5.02 Å². The van der Waals surface area contributed by atoms with Crippen LogP contribution in [0.2, 0.25) is 10.0 Å². The number of hydrogen-bond donors (Lipinski definition) is 0. The highest BCUT2D eigenvalue weighted by Crippen LogP contribution is 2.28. The average molecular weight is 229 g/mol. The Hall–Kier alpha value is -1.29. The molecule has 0 saturated heterocycles. The van der Waals surface area contributed by atoms with Gasteiger partial charge >= 0.3 is 0 Å². The summed E-state index contributed by atoms with van der Waals surface area (Å²) in [5.74, 6) is 4.14. The zero-order valence-corrected chi connectivity index (χ0v) is 8.54. The van der Waals surface area contributed by atoms with E-state index in [1.54, 1.807) is 13.0 Å². The van der Waals surface area contributed by atoms with Crippen molar-refractivity contribution >= 4 is 23.2 Å². The molecule has 14 heavy (non-hydrogen) atoms. The fraction of sp³-hybridized carbons (Fsp3) is 0.111. The second-order valence-electron chi connectivity index (χ2n) is 2.24. The molecule has 2 nitrogen and oxygen atoms in total. The molecule has 1 aromatic heterocycles. The van der Waals surface area contributed by atoms with Crippen molar-refractivity contribution in [2.45, 2.75) is 6.92 Å². The summed E-state index contributed by atoms with van der Waals surface area (Å²) in [5.41, 5.74) is -0.297. The van der Waals surface area contributed by atoms with Crippen molar-refractivity contribution in [1.82, 2.24) is 4.98 Å². The molecule has 1 heterocycles. The third-order valence-electron chi connectivity index (χ3n) is 1.37. The Morgan fingerprint density at radius 2 is 1.93 bits per heavy atom. The van der Waals surface area contributed by atoms with Gasteiger partial charge in [-0.05, 0) is 12.8 Å². The molecule has 0 aliphatic heterocycles. The van der Waals surface area contributed by atoms with Gasteiger partial charge in [0.1, 0.15) is 16.8 Å². The zero-order valence-electron chi connectivity index (χ0n) is 7.03. The van der Waals surface area contributed by atoms with Crippen LogP contribution in [0.15, 0.2) is 0 Å². The van der Waals surface area contributed by atoms with Crippen molar-refractivity contribution < 1.29 is 4.39 Å². The molecule has 1 rings (SSSR count). The normalized spacial score (nSPS) is 8.79. The summed E-state index contributed by atoms with van der Waals surface area (Å²) >= 11 is 11.2. The minimum absolute atomic E-state index is 0.0717. The molecule has 0 fully saturated rings. The van der Waals surface area contributed by atoms with Gasteiger partial charge in [-0.2, -0.15) is 5.26 Å². The maximum Gasteiger partial charge on any atom is 0.179 e. The summed E-state index contributed by atoms with van der Waals surface area (Å²) in [6.45, 7) is 1.57. The van der Waals surface area contributed by atoms with E-state index in [2.05, 4.69) is 16.8 Å². The van der Waals surface area contributed by atoms with E-state index >= 15 is 0 Å². The van der Waals surface area contributed by atoms with Gasteiger partial charge in [-0.3, -0.25) is 0 Å². The van der Waals surface area contributed by atoms with Gasteiger partial charge in [-0.25, -0.2) is 9.37 Å². The largest absolute Gasteiger partial charge is 0.224 e. The molecule has 0 N–H and O–H groups in total. The van der Waals surface area contributed by atoms with Crippen LogP contribution in [0.5, 0.6) is 0 Å². The molecule has 0 aliphatic carbocycles. The Balaban J connectivity index is 3.55. The molecule has 0 aliphatic rings. The number of pyridine rings is 1. The van der Waals surface area contributed by atoms with Crippen LogP contribution < -0.4 is 0 Å². The Bertz CT molecular complexity index is 480. The Kier molecular flexibility index (Phi) is 3.30. The van der Waals surface area contributed by atoms with E-state index in [1.165, 1.54) is 0 Å². The molecule has 5 heteroatoms. The first-order valence-corrected chi connectivity index (χ1v) is 4.24. The van der Waals surface area contributed by atoms with Crippen LogP contribution in [-0.4, -0.2) is 4.98 Å². The van der Waals surface area contributed by atoms with Crippen LogP contribution >= 0.6 is 23.2 Å². The van der Waals surface area contributed by atoms with E-state index in [0.29, 0.717) is 0 Å². The summed E-state index contributed by atoms with van der Waals surface area (Å²) < 4.78 is 13.1. The molecule has 0 amide bonds. The quantitative estimate of drug-likeness (QED) is 0.641. The number of halogens is 3. The number of aromatic nitrogens is 1. The summed E-state index contributed by atoms with van der Waals surface area (Å²) in [7, 11) is 0. The van der Waals surface area contributed by atoms with Crippen LogP contribution in [0.3, 0.4) is 0 Å². The first-order chi connectivity index (χ1) is 6.61. The fourth-order valence-electron chi connectivity index (χ4n) is 0.790. The van der Waals surface area contributed by atoms with E-state index in [4.69, 9.17) is 28.5 Å². The summed E-state index contributed by atoms with van der Waals surface area (Å²) in [6, 6.07) is 1.57. The molecule has 0 aromatic carbocycles. The van der Waals surface area contributed by atoms with Crippen molar-refractivity contribution in [2.75, 3.05) is 0 Å². The molecule has 0 spiro atoms. The smallest absolute Gasteiger partial charge is 0.179 e. The van der Waals surface area contributed by atoms with Gasteiger partial charge in [0.2, 0.25) is 0 Å². The lowest BCUT2D eigenvalue weighted by molar-refractivity contribution is 0.616. The zero-order chi connectivity index (χ0) is 10.7. The van der Waals surface area contributed by atoms with Crippen LogP contribution in [-0.2, 0) is 0 Å². The summed E-state index contributed by atoms with van der Waals surface area (Å²) in [6.07, 6.45) is 0. The molecule has 0 bridgehead atoms. The maximum absolute atomic E-state index is 13.1. The summed E-state index contributed by atoms with van der Waals surface area (Å²) in [4.78, 5) is 3.61. The van der Waals surface area contributed by atoms with E-state index in [1.807, 2.05) is 0 Å². The third-order valence-corrected chi connectivity index (χ3v) is 2.19. The van der Waals surface area contributed by atoms with Gasteiger partial charge in [0.25, 0.3) is 0 Å². The minimum atomic E-state index is -0.916. The van der Waals surface area contributed by atoms with E-state index in [9.17, 15) is 4.39 Å². The molecule has 0 radical (unpaired) electrons. The van der Waals surface area contributed by atoms with Gasteiger partial charge in [-0.1, -0.05) is 29.1 Å². The predicted octanol–water partition coefficient (Wildman–Crippen LogP) is 2.77. The molecule has 1 aromatic rings. The predicted molar refractivity (Wildman–Crippen MR) is 51.5 cm³/mol. The maximum atomic E-state index is 13.1. The van der Waals surface area contributed by atoms with Gasteiger partial charge in [0.15, 0.2) is 11.5 Å². The molecular weight excluding hydrogens is 226 g/mol. The van der Waals surface area contributed by atoms with Crippen LogP contribution in [0.4, 0.5) is 4.39 Å². The van der Waals surface area contributed by atoms with Crippen molar-refractivity contribution in [1.29, 1.82) is 5.26 Å². The molecule has 0 saturated carbocycles. The average Bonchev–Trinajstić information content (AvgIpc) is 2.19. The summed E-state index contributed by atoms with van der Waals surface area (Å²) in [5, 5.41) is 8.13. The van der Waals surface area contributed by atoms with Crippen molar-refractivity contribution in [3.63, 3.8) is 0 Å². The van der Waals surface area contributed by atoms with Crippen molar-refractivity contribution in [3.8, 4) is 17.9 Å².